The Morgan fingerprint density at radius 2 is 1.70 bits per heavy atom. The molecule has 0 saturated heterocycles. The molecule has 0 heterocycles. The van der Waals surface area contributed by atoms with Crippen molar-refractivity contribution >= 4 is 23.6 Å². The van der Waals surface area contributed by atoms with E-state index in [-0.39, 0.29) is 0 Å². The first-order valence-electron chi connectivity index (χ1n) is 5.84. The van der Waals surface area contributed by atoms with Gasteiger partial charge in [-0.1, -0.05) is 0 Å². The van der Waals surface area contributed by atoms with Crippen molar-refractivity contribution < 1.29 is 19.5 Å². The molecule has 7 nitrogen and oxygen atoms in total. The Morgan fingerprint density at radius 1 is 1.20 bits per heavy atom. The lowest BCUT2D eigenvalue weighted by atomic mass is 10.0. The minimum Gasteiger partial charge on any atom is -0.480 e. The van der Waals surface area contributed by atoms with Gasteiger partial charge in [-0.3, -0.25) is 4.79 Å². The van der Waals surface area contributed by atoms with Gasteiger partial charge in [-0.15, -0.1) is 0 Å². The second-order valence-corrected chi connectivity index (χ2v) is 4.79. The molecule has 0 aliphatic heterocycles. The Morgan fingerprint density at radius 3 is 2.10 bits per heavy atom. The molecule has 0 spiro atoms. The van der Waals surface area contributed by atoms with E-state index in [2.05, 4.69) is 5.32 Å². The first-order valence-corrected chi connectivity index (χ1v) is 5.84. The molecule has 0 fully saturated rings. The van der Waals surface area contributed by atoms with Crippen LogP contribution < -0.4 is 11.1 Å². The number of amides is 3. The molecule has 108 valence electrons. The molecule has 0 saturated carbocycles. The van der Waals surface area contributed by atoms with Crippen molar-refractivity contribution in [3.8, 4) is 0 Å². The van der Waals surface area contributed by atoms with Crippen LogP contribution in [0.25, 0.3) is 0 Å². The van der Waals surface area contributed by atoms with E-state index in [0.717, 1.165) is 4.90 Å². The fourth-order valence-electron chi connectivity index (χ4n) is 1.43. The highest BCUT2D eigenvalue weighted by Gasteiger charge is 2.35. The van der Waals surface area contributed by atoms with E-state index >= 15 is 0 Å². The standard InChI is InChI=1S/C13H17N3O4/c1-13(2,11(18)19)16(3)10(17)8-4-6-9(7-5-8)15-12(14)20/h4-7H,1-3H3,(H,18,19)(H3,14,15,20). The van der Waals surface area contributed by atoms with Crippen LogP contribution in [0.5, 0.6) is 0 Å². The lowest BCUT2D eigenvalue weighted by Crippen LogP contribution is -2.50. The summed E-state index contributed by atoms with van der Waals surface area (Å²) in [6.07, 6.45) is 0. The van der Waals surface area contributed by atoms with E-state index in [0.29, 0.717) is 11.3 Å². The number of likely N-dealkylation sites (N-methyl/N-ethyl adjacent to an activating group) is 1. The maximum absolute atomic E-state index is 12.2. The van der Waals surface area contributed by atoms with Gasteiger partial charge in [0.1, 0.15) is 5.54 Å². The van der Waals surface area contributed by atoms with E-state index in [9.17, 15) is 14.4 Å². The molecule has 0 bridgehead atoms. The normalized spacial score (nSPS) is 10.8. The Bertz CT molecular complexity index is 537. The highest BCUT2D eigenvalue weighted by atomic mass is 16.4. The smallest absolute Gasteiger partial charge is 0.329 e. The average Bonchev–Trinajstić information content (AvgIpc) is 2.37. The molecule has 0 aromatic heterocycles. The van der Waals surface area contributed by atoms with Gasteiger partial charge in [0, 0.05) is 18.3 Å². The number of carbonyl (C=O) groups excluding carboxylic acids is 2. The number of carboxylic acids is 1. The molecule has 3 amide bonds. The van der Waals surface area contributed by atoms with Crippen molar-refractivity contribution in [2.75, 3.05) is 12.4 Å². The highest BCUT2D eigenvalue weighted by Crippen LogP contribution is 2.17. The van der Waals surface area contributed by atoms with Crippen LogP contribution in [0.15, 0.2) is 24.3 Å². The lowest BCUT2D eigenvalue weighted by molar-refractivity contribution is -0.147. The van der Waals surface area contributed by atoms with Gasteiger partial charge in [-0.2, -0.15) is 0 Å². The van der Waals surface area contributed by atoms with Crippen LogP contribution in [-0.2, 0) is 4.79 Å². The molecule has 4 N–H and O–H groups in total. The molecule has 0 radical (unpaired) electrons. The predicted octanol–water partition coefficient (Wildman–Crippen LogP) is 1.11. The van der Waals surface area contributed by atoms with Crippen molar-refractivity contribution in [2.24, 2.45) is 5.73 Å². The highest BCUT2D eigenvalue weighted by molar-refractivity contribution is 5.98. The zero-order valence-electron chi connectivity index (χ0n) is 11.5. The topological polar surface area (TPSA) is 113 Å². The van der Waals surface area contributed by atoms with Gasteiger partial charge in [0.2, 0.25) is 0 Å². The summed E-state index contributed by atoms with van der Waals surface area (Å²) in [5.41, 5.74) is 4.42. The first-order chi connectivity index (χ1) is 9.16. The predicted molar refractivity (Wildman–Crippen MR) is 73.5 cm³/mol. The second kappa shape index (κ2) is 5.60. The number of urea groups is 1. The summed E-state index contributed by atoms with van der Waals surface area (Å²) >= 11 is 0. The number of rotatable bonds is 4. The fraction of sp³-hybridized carbons (Fsp3) is 0.308. The van der Waals surface area contributed by atoms with E-state index in [1.807, 2.05) is 0 Å². The molecule has 1 aromatic rings. The van der Waals surface area contributed by atoms with Crippen LogP contribution in [0.1, 0.15) is 24.2 Å². The number of carbonyl (C=O) groups is 3. The second-order valence-electron chi connectivity index (χ2n) is 4.79. The van der Waals surface area contributed by atoms with Crippen LogP contribution in [0.4, 0.5) is 10.5 Å². The third-order valence-electron chi connectivity index (χ3n) is 3.07. The number of anilines is 1. The van der Waals surface area contributed by atoms with Gasteiger partial charge in [0.25, 0.3) is 5.91 Å². The number of nitrogens with one attached hydrogen (secondary N) is 1. The largest absolute Gasteiger partial charge is 0.480 e. The molecule has 0 aliphatic rings. The third-order valence-corrected chi connectivity index (χ3v) is 3.07. The molecular weight excluding hydrogens is 262 g/mol. The summed E-state index contributed by atoms with van der Waals surface area (Å²) in [5, 5.41) is 11.5. The van der Waals surface area contributed by atoms with Crippen LogP contribution in [-0.4, -0.2) is 40.5 Å². The van der Waals surface area contributed by atoms with Gasteiger partial charge in [0.05, 0.1) is 0 Å². The number of carboxylic acid groups (broad SMARTS) is 1. The SMILES string of the molecule is CN(C(=O)c1ccc(NC(N)=O)cc1)C(C)(C)C(=O)O. The van der Waals surface area contributed by atoms with Gasteiger partial charge >= 0.3 is 12.0 Å². The van der Waals surface area contributed by atoms with Gasteiger partial charge < -0.3 is 21.1 Å². The van der Waals surface area contributed by atoms with Crippen LogP contribution in [0.3, 0.4) is 0 Å². The summed E-state index contributed by atoms with van der Waals surface area (Å²) in [5.74, 6) is -1.52. The summed E-state index contributed by atoms with van der Waals surface area (Å²) in [7, 11) is 1.42. The summed E-state index contributed by atoms with van der Waals surface area (Å²) in [6, 6.07) is 5.30. The van der Waals surface area contributed by atoms with Crippen molar-refractivity contribution in [3.05, 3.63) is 29.8 Å². The van der Waals surface area contributed by atoms with Crippen LogP contribution >= 0.6 is 0 Å². The number of nitrogens with two attached hydrogens (primary N) is 1. The third kappa shape index (κ3) is 3.25. The zero-order valence-corrected chi connectivity index (χ0v) is 11.5. The minimum absolute atomic E-state index is 0.317. The number of aliphatic carboxylic acids is 1. The maximum Gasteiger partial charge on any atom is 0.329 e. The molecule has 0 unspecified atom stereocenters. The number of nitrogens with zero attached hydrogens (tertiary/aromatic N) is 1. The van der Waals surface area contributed by atoms with E-state index in [4.69, 9.17) is 10.8 Å². The van der Waals surface area contributed by atoms with E-state index in [1.165, 1.54) is 45.2 Å². The Balaban J connectivity index is 2.93. The summed E-state index contributed by atoms with van der Waals surface area (Å²) < 4.78 is 0. The van der Waals surface area contributed by atoms with Crippen molar-refractivity contribution in [2.45, 2.75) is 19.4 Å². The zero-order chi connectivity index (χ0) is 15.5. The Kier molecular flexibility index (Phi) is 4.34. The molecule has 20 heavy (non-hydrogen) atoms. The number of primary amides is 1. The van der Waals surface area contributed by atoms with Crippen molar-refractivity contribution in [1.82, 2.24) is 4.90 Å². The van der Waals surface area contributed by atoms with E-state index in [1.54, 1.807) is 0 Å². The average molecular weight is 279 g/mol. The van der Waals surface area contributed by atoms with Crippen molar-refractivity contribution in [3.63, 3.8) is 0 Å². The molecule has 0 aliphatic carbocycles. The summed E-state index contributed by atoms with van der Waals surface area (Å²) in [4.78, 5) is 35.1. The van der Waals surface area contributed by atoms with Crippen molar-refractivity contribution in [1.29, 1.82) is 0 Å². The molecule has 1 rings (SSSR count). The minimum atomic E-state index is -1.32. The Labute approximate surface area is 116 Å². The molecule has 0 atom stereocenters. The summed E-state index contributed by atoms with van der Waals surface area (Å²) in [6.45, 7) is 2.88. The van der Waals surface area contributed by atoms with Gasteiger partial charge in [0.15, 0.2) is 0 Å². The molecular formula is C13H17N3O4. The molecule has 7 heteroatoms. The number of hydrogen-bond donors (Lipinski definition) is 3. The fourth-order valence-corrected chi connectivity index (χ4v) is 1.43. The Hall–Kier alpha value is -2.57. The van der Waals surface area contributed by atoms with Crippen LogP contribution in [0.2, 0.25) is 0 Å². The van der Waals surface area contributed by atoms with Gasteiger partial charge in [-0.25, -0.2) is 9.59 Å². The lowest BCUT2D eigenvalue weighted by Gasteiger charge is -2.31. The number of benzene rings is 1. The van der Waals surface area contributed by atoms with E-state index < -0.39 is 23.4 Å². The quantitative estimate of drug-likeness (QED) is 0.766. The maximum atomic E-state index is 12.2. The van der Waals surface area contributed by atoms with Gasteiger partial charge in [-0.05, 0) is 38.1 Å². The number of hydrogen-bond acceptors (Lipinski definition) is 3. The molecule has 1 aromatic carbocycles. The first kappa shape index (κ1) is 15.5. The monoisotopic (exact) mass is 279 g/mol. The van der Waals surface area contributed by atoms with Crippen LogP contribution in [0, 0.1) is 0 Å².